The molecule has 1 aromatic rings. The van der Waals surface area contributed by atoms with Crippen LogP contribution in [0.1, 0.15) is 25.5 Å². The number of hydrogen-bond donors (Lipinski definition) is 2. The van der Waals surface area contributed by atoms with Gasteiger partial charge in [-0.3, -0.25) is 0 Å². The molecule has 0 bridgehead atoms. The van der Waals surface area contributed by atoms with Crippen molar-refractivity contribution in [2.45, 2.75) is 25.9 Å². The molecule has 0 amide bonds. The fourth-order valence-electron chi connectivity index (χ4n) is 1.42. The molecule has 0 radical (unpaired) electrons. The van der Waals surface area contributed by atoms with Gasteiger partial charge in [-0.05, 0) is 31.5 Å². The van der Waals surface area contributed by atoms with Gasteiger partial charge in [0.2, 0.25) is 0 Å². The monoisotopic (exact) mass is 247 g/mol. The molecule has 84 valence electrons. The smallest absolute Gasteiger partial charge is 0.0582 e. The van der Waals surface area contributed by atoms with Gasteiger partial charge in [0.05, 0.1) is 6.61 Å². The van der Waals surface area contributed by atoms with Crippen LogP contribution in [0.5, 0.6) is 0 Å². The summed E-state index contributed by atoms with van der Waals surface area (Å²) in [6.45, 7) is 4.02. The number of nitrogens with one attached hydrogen (secondary N) is 1. The van der Waals surface area contributed by atoms with Crippen molar-refractivity contribution in [1.29, 1.82) is 0 Å². The first kappa shape index (κ1) is 12.8. The summed E-state index contributed by atoms with van der Waals surface area (Å²) < 4.78 is 0. The van der Waals surface area contributed by atoms with E-state index in [0.29, 0.717) is 10.0 Å². The Morgan fingerprint density at radius 2 is 2.00 bits per heavy atom. The highest BCUT2D eigenvalue weighted by atomic mass is 35.5. The standard InChI is InChI=1S/C11H15Cl2NO/c1-7(6-15)14-8(2)10-4-3-9(12)5-11(10)13/h3-5,7-8,14-15H,6H2,1-2H3/t7-,8?/m1/s1. The molecule has 2 atom stereocenters. The zero-order chi connectivity index (χ0) is 11.4. The molecule has 2 nitrogen and oxygen atoms in total. The Morgan fingerprint density at radius 3 is 2.53 bits per heavy atom. The van der Waals surface area contributed by atoms with E-state index in [0.717, 1.165) is 5.56 Å². The zero-order valence-corrected chi connectivity index (χ0v) is 10.3. The zero-order valence-electron chi connectivity index (χ0n) is 8.80. The van der Waals surface area contributed by atoms with E-state index in [1.807, 2.05) is 26.0 Å². The number of halogens is 2. The van der Waals surface area contributed by atoms with Crippen LogP contribution in [0.25, 0.3) is 0 Å². The quantitative estimate of drug-likeness (QED) is 0.858. The second kappa shape index (κ2) is 5.71. The Hall–Kier alpha value is -0.280. The van der Waals surface area contributed by atoms with Crippen molar-refractivity contribution in [1.82, 2.24) is 5.32 Å². The molecule has 0 aliphatic carbocycles. The number of aliphatic hydroxyl groups is 1. The van der Waals surface area contributed by atoms with E-state index in [1.54, 1.807) is 6.07 Å². The van der Waals surface area contributed by atoms with Crippen molar-refractivity contribution in [3.8, 4) is 0 Å². The fourth-order valence-corrected chi connectivity index (χ4v) is 1.99. The van der Waals surface area contributed by atoms with E-state index in [4.69, 9.17) is 28.3 Å². The van der Waals surface area contributed by atoms with E-state index in [9.17, 15) is 0 Å². The maximum atomic E-state index is 8.93. The summed E-state index contributed by atoms with van der Waals surface area (Å²) in [5.74, 6) is 0. The average Bonchev–Trinajstić information content (AvgIpc) is 2.17. The molecule has 15 heavy (non-hydrogen) atoms. The van der Waals surface area contributed by atoms with Crippen LogP contribution < -0.4 is 5.32 Å². The summed E-state index contributed by atoms with van der Waals surface area (Å²) in [6.07, 6.45) is 0. The fraction of sp³-hybridized carbons (Fsp3) is 0.455. The second-order valence-electron chi connectivity index (χ2n) is 3.64. The number of rotatable bonds is 4. The summed E-state index contributed by atoms with van der Waals surface area (Å²) in [5, 5.41) is 13.4. The van der Waals surface area contributed by atoms with E-state index in [-0.39, 0.29) is 18.7 Å². The van der Waals surface area contributed by atoms with Gasteiger partial charge in [0.1, 0.15) is 0 Å². The first-order valence-electron chi connectivity index (χ1n) is 4.86. The van der Waals surface area contributed by atoms with Crippen molar-refractivity contribution in [3.05, 3.63) is 33.8 Å². The molecule has 0 aliphatic rings. The van der Waals surface area contributed by atoms with Crippen LogP contribution in [0.4, 0.5) is 0 Å². The molecule has 2 N–H and O–H groups in total. The van der Waals surface area contributed by atoms with Gasteiger partial charge in [-0.2, -0.15) is 0 Å². The Labute approximate surface area is 100 Å². The van der Waals surface area contributed by atoms with Crippen molar-refractivity contribution in [2.75, 3.05) is 6.61 Å². The van der Waals surface area contributed by atoms with Crippen molar-refractivity contribution < 1.29 is 5.11 Å². The van der Waals surface area contributed by atoms with E-state index in [2.05, 4.69) is 5.32 Å². The molecule has 1 aromatic carbocycles. The third-order valence-electron chi connectivity index (χ3n) is 2.24. The highest BCUT2D eigenvalue weighted by molar-refractivity contribution is 6.35. The predicted molar refractivity (Wildman–Crippen MR) is 64.6 cm³/mol. The van der Waals surface area contributed by atoms with Gasteiger partial charge in [-0.15, -0.1) is 0 Å². The number of aliphatic hydroxyl groups excluding tert-OH is 1. The second-order valence-corrected chi connectivity index (χ2v) is 4.48. The molecular formula is C11H15Cl2NO. The SMILES string of the molecule is CC(N[C@H](C)CO)c1ccc(Cl)cc1Cl. The maximum absolute atomic E-state index is 8.93. The largest absolute Gasteiger partial charge is 0.395 e. The van der Waals surface area contributed by atoms with Gasteiger partial charge < -0.3 is 10.4 Å². The van der Waals surface area contributed by atoms with E-state index < -0.39 is 0 Å². The lowest BCUT2D eigenvalue weighted by Gasteiger charge is -2.19. The van der Waals surface area contributed by atoms with Crippen LogP contribution in [0.3, 0.4) is 0 Å². The van der Waals surface area contributed by atoms with Crippen LogP contribution in [0, 0.1) is 0 Å². The predicted octanol–water partition coefficient (Wildman–Crippen LogP) is 3.02. The summed E-state index contributed by atoms with van der Waals surface area (Å²) in [4.78, 5) is 0. The van der Waals surface area contributed by atoms with Gasteiger partial charge in [-0.25, -0.2) is 0 Å². The molecule has 0 aromatic heterocycles. The van der Waals surface area contributed by atoms with Crippen LogP contribution in [-0.2, 0) is 0 Å². The summed E-state index contributed by atoms with van der Waals surface area (Å²) >= 11 is 11.9. The lowest BCUT2D eigenvalue weighted by molar-refractivity contribution is 0.243. The lowest BCUT2D eigenvalue weighted by Crippen LogP contribution is -2.31. The molecule has 4 heteroatoms. The van der Waals surface area contributed by atoms with Crippen LogP contribution in [0.15, 0.2) is 18.2 Å². The summed E-state index contributed by atoms with van der Waals surface area (Å²) in [5.41, 5.74) is 0.987. The average molecular weight is 248 g/mol. The van der Waals surface area contributed by atoms with Gasteiger partial charge in [0.15, 0.2) is 0 Å². The lowest BCUT2D eigenvalue weighted by atomic mass is 10.1. The minimum Gasteiger partial charge on any atom is -0.395 e. The molecule has 1 rings (SSSR count). The Morgan fingerprint density at radius 1 is 1.33 bits per heavy atom. The van der Waals surface area contributed by atoms with Crippen LogP contribution in [0.2, 0.25) is 10.0 Å². The van der Waals surface area contributed by atoms with Crippen molar-refractivity contribution in [2.24, 2.45) is 0 Å². The normalized spacial score (nSPS) is 15.0. The third-order valence-corrected chi connectivity index (χ3v) is 2.80. The Kier molecular flexibility index (Phi) is 4.87. The van der Waals surface area contributed by atoms with E-state index in [1.165, 1.54) is 0 Å². The molecule has 0 saturated heterocycles. The molecule has 0 aliphatic heterocycles. The van der Waals surface area contributed by atoms with Gasteiger partial charge >= 0.3 is 0 Å². The summed E-state index contributed by atoms with van der Waals surface area (Å²) in [7, 11) is 0. The highest BCUT2D eigenvalue weighted by Crippen LogP contribution is 2.26. The summed E-state index contributed by atoms with van der Waals surface area (Å²) in [6, 6.07) is 5.57. The number of hydrogen-bond acceptors (Lipinski definition) is 2. The topological polar surface area (TPSA) is 32.3 Å². The first-order valence-corrected chi connectivity index (χ1v) is 5.62. The molecule has 0 spiro atoms. The maximum Gasteiger partial charge on any atom is 0.0582 e. The van der Waals surface area contributed by atoms with Gasteiger partial charge in [0, 0.05) is 22.1 Å². The van der Waals surface area contributed by atoms with Crippen molar-refractivity contribution in [3.63, 3.8) is 0 Å². The molecule has 0 saturated carbocycles. The Balaban J connectivity index is 2.77. The molecule has 1 unspecified atom stereocenters. The highest BCUT2D eigenvalue weighted by Gasteiger charge is 2.11. The third kappa shape index (κ3) is 3.65. The van der Waals surface area contributed by atoms with Crippen LogP contribution >= 0.6 is 23.2 Å². The minimum absolute atomic E-state index is 0.0479. The Bertz CT molecular complexity index is 330. The van der Waals surface area contributed by atoms with Gasteiger partial charge in [-0.1, -0.05) is 29.3 Å². The minimum atomic E-state index is 0.0479. The van der Waals surface area contributed by atoms with Crippen LogP contribution in [-0.4, -0.2) is 17.8 Å². The molecule has 0 heterocycles. The van der Waals surface area contributed by atoms with Gasteiger partial charge in [0.25, 0.3) is 0 Å². The van der Waals surface area contributed by atoms with E-state index >= 15 is 0 Å². The molecular weight excluding hydrogens is 233 g/mol. The number of benzene rings is 1. The molecule has 0 fully saturated rings. The first-order chi connectivity index (χ1) is 7.04. The van der Waals surface area contributed by atoms with Crippen molar-refractivity contribution >= 4 is 23.2 Å².